The summed E-state index contributed by atoms with van der Waals surface area (Å²) in [5, 5.41) is 0. The van der Waals surface area contributed by atoms with E-state index in [1.807, 2.05) is 0 Å². The van der Waals surface area contributed by atoms with Crippen molar-refractivity contribution in [3.8, 4) is 0 Å². The zero-order valence-electron chi connectivity index (χ0n) is 10.9. The van der Waals surface area contributed by atoms with E-state index in [0.717, 1.165) is 6.42 Å². The van der Waals surface area contributed by atoms with Crippen LogP contribution in [-0.4, -0.2) is 6.17 Å². The molecule has 4 bridgehead atoms. The number of halogens is 1. The van der Waals surface area contributed by atoms with Crippen molar-refractivity contribution in [2.75, 3.05) is 0 Å². The van der Waals surface area contributed by atoms with Crippen molar-refractivity contribution in [1.82, 2.24) is 0 Å². The molecule has 92 valence electrons. The number of rotatable bonds is 1. The molecule has 0 amide bonds. The third-order valence-corrected chi connectivity index (χ3v) is 5.19. The van der Waals surface area contributed by atoms with Gasteiger partial charge >= 0.3 is 0 Å². The maximum absolute atomic E-state index is 14.0. The summed E-state index contributed by atoms with van der Waals surface area (Å²) in [5.74, 6) is 0.564. The first-order valence-corrected chi connectivity index (χ1v) is 6.62. The molecule has 0 saturated heterocycles. The average Bonchev–Trinajstić information content (AvgIpc) is 2.81. The van der Waals surface area contributed by atoms with Crippen LogP contribution in [0.1, 0.15) is 33.6 Å². The summed E-state index contributed by atoms with van der Waals surface area (Å²) >= 11 is 0. The van der Waals surface area contributed by atoms with Crippen LogP contribution in [0.3, 0.4) is 0 Å². The fraction of sp³-hybridized carbons (Fsp3) is 0.625. The van der Waals surface area contributed by atoms with Crippen LogP contribution in [0, 0.1) is 22.2 Å². The van der Waals surface area contributed by atoms with Gasteiger partial charge in [0.1, 0.15) is 6.17 Å². The molecule has 0 spiro atoms. The molecular formula is C16H21F. The molecule has 0 N–H and O–H groups in total. The Morgan fingerprint density at radius 2 is 1.82 bits per heavy atom. The lowest BCUT2D eigenvalue weighted by molar-refractivity contribution is 0.146. The van der Waals surface area contributed by atoms with Gasteiger partial charge in [-0.2, -0.15) is 0 Å². The Morgan fingerprint density at radius 3 is 2.53 bits per heavy atom. The van der Waals surface area contributed by atoms with Crippen LogP contribution in [0.2, 0.25) is 0 Å². The zero-order chi connectivity index (χ0) is 12.3. The Kier molecular flexibility index (Phi) is 2.07. The van der Waals surface area contributed by atoms with E-state index in [2.05, 4.69) is 50.3 Å². The summed E-state index contributed by atoms with van der Waals surface area (Å²) in [4.78, 5) is 0. The SMILES string of the molecule is CC(F)C12C=C[C@](C)(C1)C1C=CC(C)(/C=C\2)C1. The van der Waals surface area contributed by atoms with E-state index in [9.17, 15) is 4.39 Å². The van der Waals surface area contributed by atoms with Gasteiger partial charge in [-0.1, -0.05) is 50.3 Å². The van der Waals surface area contributed by atoms with Crippen molar-refractivity contribution in [2.24, 2.45) is 22.2 Å². The molecule has 0 heterocycles. The van der Waals surface area contributed by atoms with Gasteiger partial charge in [-0.05, 0) is 31.1 Å². The van der Waals surface area contributed by atoms with Crippen molar-refractivity contribution < 1.29 is 4.39 Å². The van der Waals surface area contributed by atoms with E-state index in [1.54, 1.807) is 6.92 Å². The van der Waals surface area contributed by atoms with Crippen LogP contribution in [0.4, 0.5) is 4.39 Å². The van der Waals surface area contributed by atoms with Crippen molar-refractivity contribution in [1.29, 1.82) is 0 Å². The minimum absolute atomic E-state index is 0.137. The molecule has 4 unspecified atom stereocenters. The van der Waals surface area contributed by atoms with Crippen molar-refractivity contribution in [2.45, 2.75) is 39.8 Å². The summed E-state index contributed by atoms with van der Waals surface area (Å²) in [6.07, 6.45) is 14.7. The molecule has 0 aliphatic heterocycles. The lowest BCUT2D eigenvalue weighted by Crippen LogP contribution is -2.33. The maximum Gasteiger partial charge on any atom is 0.110 e. The highest BCUT2D eigenvalue weighted by Crippen LogP contribution is 2.58. The molecule has 3 aliphatic rings. The predicted octanol–water partition coefficient (Wildman–Crippen LogP) is 4.45. The maximum atomic E-state index is 14.0. The minimum atomic E-state index is -0.807. The van der Waals surface area contributed by atoms with E-state index in [1.165, 1.54) is 6.42 Å². The Morgan fingerprint density at radius 1 is 1.12 bits per heavy atom. The van der Waals surface area contributed by atoms with Crippen LogP contribution >= 0.6 is 0 Å². The first kappa shape index (κ1) is 11.3. The number of alkyl halides is 1. The number of allylic oxidation sites excluding steroid dienone is 6. The van der Waals surface area contributed by atoms with Gasteiger partial charge in [0.15, 0.2) is 0 Å². The van der Waals surface area contributed by atoms with Gasteiger partial charge in [0.2, 0.25) is 0 Å². The topological polar surface area (TPSA) is 0 Å². The molecule has 0 nitrogen and oxygen atoms in total. The van der Waals surface area contributed by atoms with Gasteiger partial charge in [-0.25, -0.2) is 4.39 Å². The second-order valence-electron chi connectivity index (χ2n) is 6.75. The van der Waals surface area contributed by atoms with Crippen LogP contribution in [0.15, 0.2) is 36.5 Å². The highest BCUT2D eigenvalue weighted by molar-refractivity contribution is 5.33. The molecule has 3 rings (SSSR count). The van der Waals surface area contributed by atoms with Crippen molar-refractivity contribution in [3.05, 3.63) is 36.5 Å². The minimum Gasteiger partial charge on any atom is -0.246 e. The van der Waals surface area contributed by atoms with Gasteiger partial charge in [0, 0.05) is 10.8 Å². The summed E-state index contributed by atoms with van der Waals surface area (Å²) in [6, 6.07) is 0. The Balaban J connectivity index is 2.10. The lowest BCUT2D eigenvalue weighted by atomic mass is 9.66. The molecule has 17 heavy (non-hydrogen) atoms. The first-order chi connectivity index (χ1) is 7.88. The quantitative estimate of drug-likeness (QED) is 0.586. The largest absolute Gasteiger partial charge is 0.246 e. The predicted molar refractivity (Wildman–Crippen MR) is 69.4 cm³/mol. The monoisotopic (exact) mass is 232 g/mol. The molecular weight excluding hydrogens is 211 g/mol. The van der Waals surface area contributed by atoms with E-state index < -0.39 is 6.17 Å². The average molecular weight is 232 g/mol. The third kappa shape index (κ3) is 1.47. The molecule has 3 aliphatic carbocycles. The Labute approximate surface area is 103 Å². The highest BCUT2D eigenvalue weighted by atomic mass is 19.1. The Bertz CT molecular complexity index is 431. The second-order valence-corrected chi connectivity index (χ2v) is 6.75. The van der Waals surface area contributed by atoms with Gasteiger partial charge in [-0.15, -0.1) is 0 Å². The third-order valence-electron chi connectivity index (χ3n) is 5.19. The normalized spacial score (nSPS) is 54.5. The van der Waals surface area contributed by atoms with Gasteiger partial charge in [0.25, 0.3) is 0 Å². The summed E-state index contributed by atoms with van der Waals surface area (Å²) < 4.78 is 14.0. The van der Waals surface area contributed by atoms with E-state index in [4.69, 9.17) is 0 Å². The van der Waals surface area contributed by atoms with Crippen molar-refractivity contribution >= 4 is 0 Å². The molecule has 0 aromatic heterocycles. The standard InChI is InChI=1S/C16H21F/c1-12(17)16-8-6-14(2)5-4-13(10-14)15(3,11-16)7-9-16/h4-9,12-13H,10-11H2,1-3H3/b8-6-/t12?,13?,14?,15-,16?/m1/s1. The molecule has 0 saturated carbocycles. The zero-order valence-corrected chi connectivity index (χ0v) is 10.9. The number of hydrogen-bond donors (Lipinski definition) is 0. The second kappa shape index (κ2) is 3.13. The van der Waals surface area contributed by atoms with Gasteiger partial charge in [0.05, 0.1) is 0 Å². The summed E-state index contributed by atoms with van der Waals surface area (Å²) in [5.41, 5.74) is -0.0847. The van der Waals surface area contributed by atoms with Crippen LogP contribution in [0.5, 0.6) is 0 Å². The van der Waals surface area contributed by atoms with Crippen LogP contribution in [-0.2, 0) is 0 Å². The molecule has 0 fully saturated rings. The molecule has 0 radical (unpaired) electrons. The fourth-order valence-electron chi connectivity index (χ4n) is 3.77. The molecule has 1 heteroatoms. The molecule has 5 atom stereocenters. The Hall–Kier alpha value is -0.850. The molecule has 0 aromatic carbocycles. The highest BCUT2D eigenvalue weighted by Gasteiger charge is 2.50. The van der Waals surface area contributed by atoms with Gasteiger partial charge < -0.3 is 0 Å². The van der Waals surface area contributed by atoms with Crippen molar-refractivity contribution in [3.63, 3.8) is 0 Å². The van der Waals surface area contributed by atoms with E-state index in [-0.39, 0.29) is 16.2 Å². The molecule has 0 aromatic rings. The smallest absolute Gasteiger partial charge is 0.110 e. The van der Waals surface area contributed by atoms with E-state index >= 15 is 0 Å². The van der Waals surface area contributed by atoms with Crippen LogP contribution in [0.25, 0.3) is 0 Å². The lowest BCUT2D eigenvalue weighted by Gasteiger charge is -2.38. The number of hydrogen-bond acceptors (Lipinski definition) is 0. The van der Waals surface area contributed by atoms with Crippen LogP contribution < -0.4 is 0 Å². The van der Waals surface area contributed by atoms with E-state index in [0.29, 0.717) is 5.92 Å². The summed E-state index contributed by atoms with van der Waals surface area (Å²) in [6.45, 7) is 6.23. The first-order valence-electron chi connectivity index (χ1n) is 6.62. The van der Waals surface area contributed by atoms with Gasteiger partial charge in [-0.3, -0.25) is 0 Å². The fourth-order valence-corrected chi connectivity index (χ4v) is 3.77. The summed E-state index contributed by atoms with van der Waals surface area (Å²) in [7, 11) is 0. The number of fused-ring (bicyclic) bond motifs is 5.